The van der Waals surface area contributed by atoms with E-state index in [2.05, 4.69) is 16.5 Å². The number of rotatable bonds is 10. The summed E-state index contributed by atoms with van der Waals surface area (Å²) in [5, 5.41) is 8.73. The van der Waals surface area contributed by atoms with Crippen LogP contribution >= 0.6 is 0 Å². The van der Waals surface area contributed by atoms with Crippen molar-refractivity contribution < 1.29 is 37.0 Å². The number of fused-ring (bicyclic) bond motifs is 2. The van der Waals surface area contributed by atoms with E-state index in [1.54, 1.807) is 12.1 Å². The summed E-state index contributed by atoms with van der Waals surface area (Å²) in [7, 11) is 0. The fourth-order valence-corrected chi connectivity index (χ4v) is 4.65. The number of alkyl halides is 2. The van der Waals surface area contributed by atoms with Gasteiger partial charge in [-0.15, -0.1) is 0 Å². The quantitative estimate of drug-likeness (QED) is 0.155. The Bertz CT molecular complexity index is 1570. The van der Waals surface area contributed by atoms with Gasteiger partial charge in [0.1, 0.15) is 17.7 Å². The molecule has 1 aliphatic rings. The number of hydrogen-bond acceptors (Lipinski definition) is 5. The molecular formula is C31H28F4N2O4. The van der Waals surface area contributed by atoms with Crippen LogP contribution in [0.4, 0.5) is 17.6 Å². The number of carboxylic acid groups (broad SMARTS) is 1. The average Bonchev–Trinajstić information content (AvgIpc) is 2.94. The smallest absolute Gasteiger partial charge is 0.374 e. The zero-order valence-corrected chi connectivity index (χ0v) is 22.3. The van der Waals surface area contributed by atoms with Crippen molar-refractivity contribution in [2.45, 2.75) is 57.5 Å². The first-order valence-corrected chi connectivity index (χ1v) is 13.1. The highest BCUT2D eigenvalue weighted by Gasteiger charge is 2.38. The second kappa shape index (κ2) is 12.4. The van der Waals surface area contributed by atoms with Crippen LogP contribution in [0.3, 0.4) is 0 Å². The van der Waals surface area contributed by atoms with Gasteiger partial charge in [0.05, 0.1) is 28.0 Å². The molecule has 0 saturated heterocycles. The van der Waals surface area contributed by atoms with Gasteiger partial charge in [-0.2, -0.15) is 8.78 Å². The average molecular weight is 569 g/mol. The minimum Gasteiger partial charge on any atom is -0.477 e. The molecule has 2 aromatic carbocycles. The van der Waals surface area contributed by atoms with Crippen molar-refractivity contribution in [1.29, 1.82) is 0 Å². The largest absolute Gasteiger partial charge is 0.477 e. The van der Waals surface area contributed by atoms with Crippen LogP contribution in [-0.4, -0.2) is 32.9 Å². The first-order valence-electron chi connectivity index (χ1n) is 13.1. The van der Waals surface area contributed by atoms with E-state index in [0.717, 1.165) is 17.5 Å². The summed E-state index contributed by atoms with van der Waals surface area (Å²) in [5.41, 5.74) is 3.14. The highest BCUT2D eigenvalue weighted by Crippen LogP contribution is 2.34. The molecule has 1 aromatic heterocycles. The first kappa shape index (κ1) is 29.6. The first-order chi connectivity index (χ1) is 19.5. The summed E-state index contributed by atoms with van der Waals surface area (Å²) in [6.45, 7) is 5.41. The Kier molecular flexibility index (Phi) is 9.00. The van der Waals surface area contributed by atoms with Gasteiger partial charge < -0.3 is 9.84 Å². The van der Waals surface area contributed by atoms with Crippen LogP contribution in [-0.2, 0) is 22.4 Å². The van der Waals surface area contributed by atoms with Crippen molar-refractivity contribution in [3.8, 4) is 0 Å². The zero-order valence-electron chi connectivity index (χ0n) is 22.3. The van der Waals surface area contributed by atoms with E-state index in [0.29, 0.717) is 18.4 Å². The number of halogens is 4. The third kappa shape index (κ3) is 7.06. The number of carboxylic acids is 1. The molecule has 0 radical (unpaired) electrons. The number of aromatic nitrogens is 2. The van der Waals surface area contributed by atoms with Crippen LogP contribution in [0.1, 0.15) is 71.6 Å². The van der Waals surface area contributed by atoms with Crippen LogP contribution in [0.25, 0.3) is 16.6 Å². The normalized spacial score (nSPS) is 15.6. The second-order valence-corrected chi connectivity index (χ2v) is 9.75. The number of benzene rings is 2. The molecule has 10 heteroatoms. The molecule has 6 nitrogen and oxygen atoms in total. The fourth-order valence-electron chi connectivity index (χ4n) is 4.65. The molecule has 1 N–H and O–H groups in total. The topological polar surface area (TPSA) is 89.4 Å². The van der Waals surface area contributed by atoms with Gasteiger partial charge in [0.15, 0.2) is 0 Å². The molecule has 0 bridgehead atoms. The van der Waals surface area contributed by atoms with Crippen LogP contribution in [0.5, 0.6) is 0 Å². The molecule has 3 aromatic rings. The Morgan fingerprint density at radius 2 is 1.93 bits per heavy atom. The molecule has 0 saturated carbocycles. The summed E-state index contributed by atoms with van der Waals surface area (Å²) in [6.07, 6.45) is 4.07. The maximum atomic E-state index is 13.7. The van der Waals surface area contributed by atoms with E-state index < -0.39 is 36.2 Å². The van der Waals surface area contributed by atoms with Crippen molar-refractivity contribution in [1.82, 2.24) is 9.97 Å². The van der Waals surface area contributed by atoms with E-state index in [-0.39, 0.29) is 46.7 Å². The SMILES string of the molecule is C=C(/C=C\C(F)=C/C)c1nc2ccc(C(=O)OC3CCCc4cc(F)ccc43)cc2nc1CCCC(F)(F)C(=O)O. The molecule has 1 unspecified atom stereocenters. The standard InChI is InChI=1S/C31H28F4N2O4/c1-3-21(32)11-9-18(2)28-25(7-5-15-31(34,35)30(39)40)36-26-17-20(10-14-24(26)37-28)29(38)41-27-8-4-6-19-16-22(33)12-13-23(19)27/h3,9-14,16-17,27H,2,4-8,15H2,1H3,(H,39,40)/b11-9-,21-3+. The maximum absolute atomic E-state index is 13.7. The number of allylic oxidation sites excluding steroid dienone is 5. The predicted octanol–water partition coefficient (Wildman–Crippen LogP) is 7.49. The summed E-state index contributed by atoms with van der Waals surface area (Å²) in [6, 6.07) is 8.94. The lowest BCUT2D eigenvalue weighted by Crippen LogP contribution is -2.28. The van der Waals surface area contributed by atoms with Crippen LogP contribution in [0.2, 0.25) is 0 Å². The third-order valence-electron chi connectivity index (χ3n) is 6.83. The lowest BCUT2D eigenvalue weighted by Gasteiger charge is -2.25. The maximum Gasteiger partial charge on any atom is 0.374 e. The van der Waals surface area contributed by atoms with E-state index >= 15 is 0 Å². The minimum absolute atomic E-state index is 0.0653. The second-order valence-electron chi connectivity index (χ2n) is 9.75. The number of carbonyl (C=O) groups is 2. The van der Waals surface area contributed by atoms with Crippen LogP contribution < -0.4 is 0 Å². The van der Waals surface area contributed by atoms with Gasteiger partial charge in [0.2, 0.25) is 0 Å². The van der Waals surface area contributed by atoms with Gasteiger partial charge in [-0.1, -0.05) is 24.8 Å². The number of nitrogens with zero attached hydrogens (tertiary/aromatic N) is 2. The molecular weight excluding hydrogens is 540 g/mol. The monoisotopic (exact) mass is 568 g/mol. The van der Waals surface area contributed by atoms with E-state index in [4.69, 9.17) is 9.84 Å². The predicted molar refractivity (Wildman–Crippen MR) is 146 cm³/mol. The molecule has 41 heavy (non-hydrogen) atoms. The van der Waals surface area contributed by atoms with Gasteiger partial charge in [0, 0.05) is 6.42 Å². The van der Waals surface area contributed by atoms with Crippen molar-refractivity contribution in [2.75, 3.05) is 0 Å². The lowest BCUT2D eigenvalue weighted by molar-refractivity contribution is -0.165. The summed E-state index contributed by atoms with van der Waals surface area (Å²) >= 11 is 0. The van der Waals surface area contributed by atoms with E-state index in [9.17, 15) is 27.2 Å². The molecule has 0 fully saturated rings. The summed E-state index contributed by atoms with van der Waals surface area (Å²) in [4.78, 5) is 33.0. The Morgan fingerprint density at radius 3 is 2.66 bits per heavy atom. The number of carbonyl (C=O) groups excluding carboxylic acids is 1. The molecule has 214 valence electrons. The lowest BCUT2D eigenvalue weighted by atomic mass is 9.89. The fraction of sp³-hybridized carbons (Fsp3) is 0.290. The molecule has 0 aliphatic heterocycles. The van der Waals surface area contributed by atoms with Gasteiger partial charge in [-0.05, 0) is 92.1 Å². The number of aryl methyl sites for hydroxylation is 2. The number of aliphatic carboxylic acids is 1. The molecule has 0 spiro atoms. The number of ether oxygens (including phenoxy) is 1. The van der Waals surface area contributed by atoms with E-state index in [1.807, 2.05) is 0 Å². The minimum atomic E-state index is -3.91. The molecule has 1 atom stereocenters. The van der Waals surface area contributed by atoms with Gasteiger partial charge in [-0.25, -0.2) is 28.3 Å². The van der Waals surface area contributed by atoms with Crippen molar-refractivity contribution in [2.24, 2.45) is 0 Å². The van der Waals surface area contributed by atoms with Crippen LogP contribution in [0, 0.1) is 5.82 Å². The molecule has 1 aliphatic carbocycles. The summed E-state index contributed by atoms with van der Waals surface area (Å²) < 4.78 is 60.4. The van der Waals surface area contributed by atoms with Gasteiger partial charge >= 0.3 is 17.9 Å². The number of esters is 1. The van der Waals surface area contributed by atoms with E-state index in [1.165, 1.54) is 49.4 Å². The molecule has 0 amide bonds. The zero-order chi connectivity index (χ0) is 29.7. The molecule has 4 rings (SSSR count). The van der Waals surface area contributed by atoms with Gasteiger partial charge in [0.25, 0.3) is 0 Å². The molecule has 1 heterocycles. The Labute approximate surface area is 234 Å². The summed E-state index contributed by atoms with van der Waals surface area (Å²) in [5.74, 6) is -7.61. The van der Waals surface area contributed by atoms with Gasteiger partial charge in [-0.3, -0.25) is 0 Å². The van der Waals surface area contributed by atoms with Crippen molar-refractivity contribution >= 4 is 28.5 Å². The highest BCUT2D eigenvalue weighted by molar-refractivity contribution is 5.94. The van der Waals surface area contributed by atoms with Crippen LogP contribution in [0.15, 0.2) is 67.0 Å². The van der Waals surface area contributed by atoms with Crippen molar-refractivity contribution in [3.05, 3.63) is 101 Å². The Balaban J connectivity index is 1.63. The Hall–Kier alpha value is -4.34. The third-order valence-corrected chi connectivity index (χ3v) is 6.83. The van der Waals surface area contributed by atoms with Crippen molar-refractivity contribution in [3.63, 3.8) is 0 Å². The Morgan fingerprint density at radius 1 is 1.15 bits per heavy atom. The highest BCUT2D eigenvalue weighted by atomic mass is 19.3. The number of hydrogen-bond donors (Lipinski definition) is 1.